The van der Waals surface area contributed by atoms with Gasteiger partial charge in [0.2, 0.25) is 0 Å². The normalized spacial score (nSPS) is 16.6. The number of halogens is 1. The fourth-order valence-corrected chi connectivity index (χ4v) is 3.41. The van der Waals surface area contributed by atoms with Crippen LogP contribution in [0.25, 0.3) is 11.8 Å². The Morgan fingerprint density at radius 2 is 1.92 bits per heavy atom. The molecular weight excluding hydrogens is 402 g/mol. The van der Waals surface area contributed by atoms with Crippen molar-refractivity contribution in [2.45, 2.75) is 13.8 Å². The Labute approximate surface area is 159 Å². The van der Waals surface area contributed by atoms with Crippen LogP contribution in [-0.4, -0.2) is 33.4 Å². The number of rotatable bonds is 2. The maximum Gasteiger partial charge on any atom is 0.265 e. The second-order valence-electron chi connectivity index (χ2n) is 5.82. The highest BCUT2D eigenvalue weighted by Crippen LogP contribution is 2.25. The molecule has 5 nitrogen and oxygen atoms in total. The average Bonchev–Trinajstić information content (AvgIpc) is 2.83. The zero-order valence-electron chi connectivity index (χ0n) is 14.0. The standard InChI is InChI=1S/C18H16BrN3O2S/c1-10-7-12(8-15-16(23)20-18(25)21(3)17(15)24)11(2)22(10)14-6-4-5-13(19)9-14/h4-9H,1-3H3,(H,20,23,25)/b15-8+. The van der Waals surface area contributed by atoms with E-state index in [1.54, 1.807) is 13.1 Å². The lowest BCUT2D eigenvalue weighted by atomic mass is 10.1. The van der Waals surface area contributed by atoms with E-state index in [0.29, 0.717) is 0 Å². The average molecular weight is 418 g/mol. The summed E-state index contributed by atoms with van der Waals surface area (Å²) in [6, 6.07) is 9.90. The lowest BCUT2D eigenvalue weighted by Crippen LogP contribution is -2.52. The Balaban J connectivity index is 2.08. The zero-order valence-corrected chi connectivity index (χ0v) is 16.4. The largest absolute Gasteiger partial charge is 0.318 e. The molecule has 7 heteroatoms. The lowest BCUT2D eigenvalue weighted by Gasteiger charge is -2.25. The molecule has 128 valence electrons. The number of likely N-dealkylation sites (N-methyl/N-ethyl adjacent to an activating group) is 1. The third-order valence-corrected chi connectivity index (χ3v) is 5.01. The molecule has 1 aliphatic heterocycles. The van der Waals surface area contributed by atoms with E-state index in [-0.39, 0.29) is 10.7 Å². The summed E-state index contributed by atoms with van der Waals surface area (Å²) in [6.07, 6.45) is 1.62. The summed E-state index contributed by atoms with van der Waals surface area (Å²) in [4.78, 5) is 25.8. The smallest absolute Gasteiger partial charge is 0.265 e. The first-order valence-electron chi connectivity index (χ1n) is 7.59. The number of amides is 2. The van der Waals surface area contributed by atoms with Crippen LogP contribution in [-0.2, 0) is 9.59 Å². The topological polar surface area (TPSA) is 54.3 Å². The Morgan fingerprint density at radius 1 is 1.20 bits per heavy atom. The number of benzene rings is 1. The van der Waals surface area contributed by atoms with E-state index in [9.17, 15) is 9.59 Å². The zero-order chi connectivity index (χ0) is 18.3. The third kappa shape index (κ3) is 3.17. The van der Waals surface area contributed by atoms with Gasteiger partial charge in [-0.3, -0.25) is 19.8 Å². The number of aromatic nitrogens is 1. The van der Waals surface area contributed by atoms with Gasteiger partial charge in [-0.1, -0.05) is 22.0 Å². The molecule has 0 bridgehead atoms. The minimum atomic E-state index is -0.472. The van der Waals surface area contributed by atoms with Gasteiger partial charge in [-0.25, -0.2) is 0 Å². The molecule has 1 fully saturated rings. The minimum absolute atomic E-state index is 0.0746. The molecule has 1 saturated heterocycles. The van der Waals surface area contributed by atoms with Crippen LogP contribution in [0.4, 0.5) is 0 Å². The molecule has 1 aliphatic rings. The van der Waals surface area contributed by atoms with Crippen molar-refractivity contribution in [1.29, 1.82) is 0 Å². The summed E-state index contributed by atoms with van der Waals surface area (Å²) < 4.78 is 3.06. The first-order valence-corrected chi connectivity index (χ1v) is 8.79. The van der Waals surface area contributed by atoms with Crippen LogP contribution in [0.1, 0.15) is 17.0 Å². The first-order chi connectivity index (χ1) is 11.8. The van der Waals surface area contributed by atoms with Crippen LogP contribution in [0.3, 0.4) is 0 Å². The lowest BCUT2D eigenvalue weighted by molar-refractivity contribution is -0.128. The minimum Gasteiger partial charge on any atom is -0.318 e. The fourth-order valence-electron chi connectivity index (χ4n) is 2.85. The maximum atomic E-state index is 12.4. The van der Waals surface area contributed by atoms with Crippen LogP contribution in [0.15, 0.2) is 40.4 Å². The quantitative estimate of drug-likeness (QED) is 0.463. The highest BCUT2D eigenvalue weighted by molar-refractivity contribution is 9.10. The molecule has 2 aromatic rings. The molecule has 3 rings (SSSR count). The molecule has 25 heavy (non-hydrogen) atoms. The van der Waals surface area contributed by atoms with Crippen molar-refractivity contribution in [2.24, 2.45) is 0 Å². The summed E-state index contributed by atoms with van der Waals surface area (Å²) >= 11 is 8.45. The molecule has 1 aromatic carbocycles. The van der Waals surface area contributed by atoms with Crippen molar-refractivity contribution in [3.8, 4) is 5.69 Å². The number of aryl methyl sites for hydroxylation is 1. The summed E-state index contributed by atoms with van der Waals surface area (Å²) in [7, 11) is 1.54. The Morgan fingerprint density at radius 3 is 2.60 bits per heavy atom. The van der Waals surface area contributed by atoms with Gasteiger partial charge in [-0.05, 0) is 62.0 Å². The highest BCUT2D eigenvalue weighted by atomic mass is 79.9. The highest BCUT2D eigenvalue weighted by Gasteiger charge is 2.31. The predicted octanol–water partition coefficient (Wildman–Crippen LogP) is 3.11. The fraction of sp³-hybridized carbons (Fsp3) is 0.167. The van der Waals surface area contributed by atoms with Gasteiger partial charge in [0.25, 0.3) is 11.8 Å². The molecule has 1 aromatic heterocycles. The molecule has 0 spiro atoms. The molecule has 2 amide bonds. The molecule has 0 saturated carbocycles. The Hall–Kier alpha value is -2.25. The van der Waals surface area contributed by atoms with Gasteiger partial charge in [0.15, 0.2) is 5.11 Å². The summed E-state index contributed by atoms with van der Waals surface area (Å²) in [5.41, 5.74) is 3.85. The maximum absolute atomic E-state index is 12.4. The van der Waals surface area contributed by atoms with Crippen LogP contribution in [0, 0.1) is 13.8 Å². The number of hydrogen-bond acceptors (Lipinski definition) is 3. The molecular formula is C18H16BrN3O2S. The van der Waals surface area contributed by atoms with Crippen molar-refractivity contribution >= 4 is 51.2 Å². The van der Waals surface area contributed by atoms with Gasteiger partial charge < -0.3 is 4.57 Å². The number of nitrogens with zero attached hydrogens (tertiary/aromatic N) is 2. The van der Waals surface area contributed by atoms with Crippen molar-refractivity contribution < 1.29 is 9.59 Å². The van der Waals surface area contributed by atoms with Gasteiger partial charge in [0.1, 0.15) is 5.57 Å². The number of hydrogen-bond donors (Lipinski definition) is 1. The van der Waals surface area contributed by atoms with E-state index in [0.717, 1.165) is 27.1 Å². The SMILES string of the molecule is Cc1cc(/C=C2\C(=O)NC(=S)N(C)C2=O)c(C)n1-c1cccc(Br)c1. The van der Waals surface area contributed by atoms with E-state index in [1.165, 1.54) is 4.90 Å². The second kappa shape index (κ2) is 6.57. The molecule has 1 N–H and O–H groups in total. The number of nitrogens with one attached hydrogen (secondary N) is 1. The first kappa shape index (κ1) is 17.6. The van der Waals surface area contributed by atoms with Gasteiger partial charge in [0.05, 0.1) is 0 Å². The van der Waals surface area contributed by atoms with Gasteiger partial charge in [-0.2, -0.15) is 0 Å². The van der Waals surface area contributed by atoms with Gasteiger partial charge in [0, 0.05) is 28.6 Å². The monoisotopic (exact) mass is 417 g/mol. The molecule has 0 unspecified atom stereocenters. The van der Waals surface area contributed by atoms with Gasteiger partial charge >= 0.3 is 0 Å². The number of carbonyl (C=O) groups excluding carboxylic acids is 2. The van der Waals surface area contributed by atoms with Crippen LogP contribution in [0.2, 0.25) is 0 Å². The van der Waals surface area contributed by atoms with Gasteiger partial charge in [-0.15, -0.1) is 0 Å². The predicted molar refractivity (Wildman–Crippen MR) is 104 cm³/mol. The van der Waals surface area contributed by atoms with Crippen molar-refractivity contribution in [3.63, 3.8) is 0 Å². The Kier molecular flexibility index (Phi) is 4.62. The van der Waals surface area contributed by atoms with E-state index >= 15 is 0 Å². The summed E-state index contributed by atoms with van der Waals surface area (Å²) in [5.74, 6) is -0.874. The molecule has 0 atom stereocenters. The number of carbonyl (C=O) groups is 2. The molecule has 0 aliphatic carbocycles. The van der Waals surface area contributed by atoms with Crippen LogP contribution in [0.5, 0.6) is 0 Å². The summed E-state index contributed by atoms with van der Waals surface area (Å²) in [6.45, 7) is 3.94. The summed E-state index contributed by atoms with van der Waals surface area (Å²) in [5, 5.41) is 2.64. The van der Waals surface area contributed by atoms with Crippen LogP contribution >= 0.6 is 28.1 Å². The van der Waals surface area contributed by atoms with E-state index < -0.39 is 11.8 Å². The van der Waals surface area contributed by atoms with Crippen LogP contribution < -0.4 is 5.32 Å². The second-order valence-corrected chi connectivity index (χ2v) is 7.13. The third-order valence-electron chi connectivity index (χ3n) is 4.14. The Bertz CT molecular complexity index is 946. The van der Waals surface area contributed by atoms with E-state index in [2.05, 4.69) is 25.8 Å². The van der Waals surface area contributed by atoms with Crippen molar-refractivity contribution in [3.05, 3.63) is 57.3 Å². The molecule has 0 radical (unpaired) electrons. The van der Waals surface area contributed by atoms with Crippen molar-refractivity contribution in [2.75, 3.05) is 7.05 Å². The van der Waals surface area contributed by atoms with E-state index in [4.69, 9.17) is 12.2 Å². The van der Waals surface area contributed by atoms with Crippen molar-refractivity contribution in [1.82, 2.24) is 14.8 Å². The molecule has 2 heterocycles. The van der Waals surface area contributed by atoms with E-state index in [1.807, 2.05) is 44.2 Å². The number of thiocarbonyl (C=S) groups is 1.